The Kier molecular flexibility index (Phi) is 5.43. The zero-order valence-corrected chi connectivity index (χ0v) is 18.8. The van der Waals surface area contributed by atoms with Crippen LogP contribution in [0.3, 0.4) is 0 Å². The monoisotopic (exact) mass is 449 g/mol. The summed E-state index contributed by atoms with van der Waals surface area (Å²) in [5.74, 6) is 1.69. The van der Waals surface area contributed by atoms with E-state index < -0.39 is 9.84 Å². The molecule has 166 valence electrons. The summed E-state index contributed by atoms with van der Waals surface area (Å²) in [7, 11) is -3.69. The van der Waals surface area contributed by atoms with Crippen molar-refractivity contribution >= 4 is 15.7 Å². The van der Waals surface area contributed by atoms with Gasteiger partial charge in [-0.2, -0.15) is 0 Å². The van der Waals surface area contributed by atoms with Gasteiger partial charge in [0.2, 0.25) is 9.84 Å². The third kappa shape index (κ3) is 3.78. The molecule has 2 fully saturated rings. The Morgan fingerprint density at radius 3 is 2.56 bits per heavy atom. The number of hydrogen-bond acceptors (Lipinski definition) is 7. The number of benzene rings is 1. The number of anilines is 1. The number of sulfone groups is 1. The number of aryl methyl sites for hydroxylation is 1. The van der Waals surface area contributed by atoms with E-state index in [-0.39, 0.29) is 22.0 Å². The molecule has 0 spiro atoms. The maximum atomic E-state index is 12.9. The molecule has 4 atom stereocenters. The number of nitrogens with two attached hydrogens (primary N) is 1. The Bertz CT molecular complexity index is 1200. The molecule has 2 aliphatic rings. The zero-order valence-electron chi connectivity index (χ0n) is 18.0. The Labute approximate surface area is 188 Å². The van der Waals surface area contributed by atoms with Gasteiger partial charge in [-0.1, -0.05) is 24.3 Å². The highest BCUT2D eigenvalue weighted by molar-refractivity contribution is 7.91. The van der Waals surface area contributed by atoms with E-state index in [1.807, 2.05) is 12.3 Å². The summed E-state index contributed by atoms with van der Waals surface area (Å²) in [5.41, 5.74) is 8.55. The van der Waals surface area contributed by atoms with Crippen molar-refractivity contribution in [2.24, 2.45) is 17.6 Å². The number of aromatic nitrogens is 3. The summed E-state index contributed by atoms with van der Waals surface area (Å²) in [6.45, 7) is 2.94. The summed E-state index contributed by atoms with van der Waals surface area (Å²) >= 11 is 0. The predicted octanol–water partition coefficient (Wildman–Crippen LogP) is 2.80. The van der Waals surface area contributed by atoms with Gasteiger partial charge >= 0.3 is 0 Å². The van der Waals surface area contributed by atoms with Gasteiger partial charge in [0.05, 0.1) is 4.90 Å². The van der Waals surface area contributed by atoms with Crippen molar-refractivity contribution in [3.63, 3.8) is 0 Å². The standard InChI is InChI=1S/C24H27N5O2S/c1-16-6-5-11-26-21(16)14-22-20-13-18(25)12-17(20)15-29(22)23-9-10-24(28-27-23)32(30,31)19-7-3-2-4-8-19/h2-11,17-18,20,22H,12-15,25H2,1H3/t17-,18+,20+,22+/m1/s1. The highest BCUT2D eigenvalue weighted by atomic mass is 32.2. The van der Waals surface area contributed by atoms with Crippen molar-refractivity contribution in [3.8, 4) is 0 Å². The van der Waals surface area contributed by atoms with Crippen molar-refractivity contribution in [3.05, 3.63) is 72.1 Å². The molecule has 7 nitrogen and oxygen atoms in total. The molecule has 1 saturated carbocycles. The summed E-state index contributed by atoms with van der Waals surface area (Å²) in [5, 5.41) is 8.44. The minimum Gasteiger partial charge on any atom is -0.351 e. The van der Waals surface area contributed by atoms with Crippen molar-refractivity contribution < 1.29 is 8.42 Å². The first kappa shape index (κ1) is 21.0. The smallest absolute Gasteiger partial charge is 0.225 e. The van der Waals surface area contributed by atoms with Crippen molar-refractivity contribution in [2.75, 3.05) is 11.4 Å². The van der Waals surface area contributed by atoms with Gasteiger partial charge in [0.1, 0.15) is 0 Å². The molecule has 1 aliphatic heterocycles. The second-order valence-corrected chi connectivity index (χ2v) is 10.8. The van der Waals surface area contributed by atoms with E-state index in [0.29, 0.717) is 17.7 Å². The Morgan fingerprint density at radius 2 is 1.84 bits per heavy atom. The lowest BCUT2D eigenvalue weighted by Crippen LogP contribution is -2.37. The first-order chi connectivity index (χ1) is 15.4. The van der Waals surface area contributed by atoms with E-state index in [9.17, 15) is 8.42 Å². The molecule has 0 bridgehead atoms. The maximum absolute atomic E-state index is 12.9. The lowest BCUT2D eigenvalue weighted by atomic mass is 9.90. The van der Waals surface area contributed by atoms with Crippen LogP contribution in [0.4, 0.5) is 5.82 Å². The second kappa shape index (κ2) is 8.26. The molecule has 0 unspecified atom stereocenters. The quantitative estimate of drug-likeness (QED) is 0.639. The molecular weight excluding hydrogens is 422 g/mol. The molecule has 0 radical (unpaired) electrons. The van der Waals surface area contributed by atoms with E-state index in [1.165, 1.54) is 5.56 Å². The van der Waals surface area contributed by atoms with Crippen LogP contribution >= 0.6 is 0 Å². The first-order valence-electron chi connectivity index (χ1n) is 11.0. The molecule has 2 aromatic heterocycles. The Balaban J connectivity index is 1.44. The number of nitrogens with zero attached hydrogens (tertiary/aromatic N) is 4. The van der Waals surface area contributed by atoms with Crippen LogP contribution in [-0.2, 0) is 16.3 Å². The van der Waals surface area contributed by atoms with Crippen LogP contribution in [0.5, 0.6) is 0 Å². The lowest BCUT2D eigenvalue weighted by Gasteiger charge is -2.29. The van der Waals surface area contributed by atoms with E-state index >= 15 is 0 Å². The van der Waals surface area contributed by atoms with E-state index in [0.717, 1.165) is 31.5 Å². The minimum absolute atomic E-state index is 0.0361. The Morgan fingerprint density at radius 1 is 1.03 bits per heavy atom. The maximum Gasteiger partial charge on any atom is 0.225 e. The SMILES string of the molecule is Cc1cccnc1C[C@H]1[C@H]2C[C@@H](N)C[C@@H]2CN1c1ccc(S(=O)(=O)c2ccccc2)nn1. The van der Waals surface area contributed by atoms with Gasteiger partial charge in [-0.15, -0.1) is 10.2 Å². The fourth-order valence-electron chi connectivity index (χ4n) is 5.29. The van der Waals surface area contributed by atoms with Crippen LogP contribution in [0, 0.1) is 18.8 Å². The average Bonchev–Trinajstić information content (AvgIpc) is 3.32. The first-order valence-corrected chi connectivity index (χ1v) is 12.5. The number of pyridine rings is 1. The van der Waals surface area contributed by atoms with Crippen molar-refractivity contribution in [1.29, 1.82) is 0 Å². The zero-order chi connectivity index (χ0) is 22.3. The largest absolute Gasteiger partial charge is 0.351 e. The predicted molar refractivity (Wildman–Crippen MR) is 122 cm³/mol. The molecule has 0 amide bonds. The van der Waals surface area contributed by atoms with Gasteiger partial charge in [-0.25, -0.2) is 8.42 Å². The number of rotatable bonds is 5. The third-order valence-corrected chi connectivity index (χ3v) is 8.54. The lowest BCUT2D eigenvalue weighted by molar-refractivity contribution is 0.414. The molecule has 8 heteroatoms. The number of hydrogen-bond donors (Lipinski definition) is 1. The van der Waals surface area contributed by atoms with E-state index in [1.54, 1.807) is 42.5 Å². The molecule has 32 heavy (non-hydrogen) atoms. The molecule has 2 N–H and O–H groups in total. The van der Waals surface area contributed by atoms with Gasteiger partial charge < -0.3 is 10.6 Å². The number of fused-ring (bicyclic) bond motifs is 1. The fourth-order valence-corrected chi connectivity index (χ4v) is 6.44. The highest BCUT2D eigenvalue weighted by Gasteiger charge is 2.47. The minimum atomic E-state index is -3.69. The van der Waals surface area contributed by atoms with Crippen LogP contribution in [0.1, 0.15) is 24.1 Å². The molecular formula is C24H27N5O2S. The van der Waals surface area contributed by atoms with Gasteiger partial charge in [-0.05, 0) is 67.5 Å². The molecule has 3 aromatic rings. The van der Waals surface area contributed by atoms with Crippen LogP contribution in [0.25, 0.3) is 0 Å². The van der Waals surface area contributed by atoms with Crippen molar-refractivity contribution in [1.82, 2.24) is 15.2 Å². The van der Waals surface area contributed by atoms with Crippen LogP contribution in [0.2, 0.25) is 0 Å². The molecule has 1 saturated heterocycles. The Hall–Kier alpha value is -2.84. The van der Waals surface area contributed by atoms with E-state index in [4.69, 9.17) is 5.73 Å². The molecule has 1 aliphatic carbocycles. The average molecular weight is 450 g/mol. The molecule has 5 rings (SSSR count). The second-order valence-electron chi connectivity index (χ2n) is 8.89. The van der Waals surface area contributed by atoms with Gasteiger partial charge in [0.25, 0.3) is 0 Å². The van der Waals surface area contributed by atoms with Crippen molar-refractivity contribution in [2.45, 2.75) is 48.2 Å². The summed E-state index contributed by atoms with van der Waals surface area (Å²) in [4.78, 5) is 7.11. The van der Waals surface area contributed by atoms with Crippen LogP contribution in [0.15, 0.2) is 70.7 Å². The summed E-state index contributed by atoms with van der Waals surface area (Å²) in [6.07, 6.45) is 4.65. The van der Waals surface area contributed by atoms with Crippen LogP contribution < -0.4 is 10.6 Å². The summed E-state index contributed by atoms with van der Waals surface area (Å²) in [6, 6.07) is 16.2. The van der Waals surface area contributed by atoms with E-state index in [2.05, 4.69) is 33.1 Å². The summed E-state index contributed by atoms with van der Waals surface area (Å²) < 4.78 is 25.7. The molecule has 1 aromatic carbocycles. The van der Waals surface area contributed by atoms with Gasteiger partial charge in [-0.3, -0.25) is 4.98 Å². The molecule has 3 heterocycles. The fraction of sp³-hybridized carbons (Fsp3) is 0.375. The topological polar surface area (TPSA) is 102 Å². The highest BCUT2D eigenvalue weighted by Crippen LogP contribution is 2.44. The van der Waals surface area contributed by atoms with Crippen LogP contribution in [-0.4, -0.2) is 42.2 Å². The van der Waals surface area contributed by atoms with Gasteiger partial charge in [0, 0.05) is 36.9 Å². The normalized spacial score (nSPS) is 25.1. The third-order valence-electron chi connectivity index (χ3n) is 6.88. The van der Waals surface area contributed by atoms with Gasteiger partial charge in [0.15, 0.2) is 10.8 Å².